The molecular formula is C16H17FN2O2. The lowest BCUT2D eigenvalue weighted by atomic mass is 10.00. The lowest BCUT2D eigenvalue weighted by Crippen LogP contribution is -2.09. The number of pyridine rings is 1. The third-order valence-corrected chi connectivity index (χ3v) is 3.49. The zero-order valence-electron chi connectivity index (χ0n) is 11.9. The first-order valence-corrected chi connectivity index (χ1v) is 6.93. The second kappa shape index (κ2) is 6.10. The summed E-state index contributed by atoms with van der Waals surface area (Å²) < 4.78 is 23.8. The number of rotatable bonds is 5. The second-order valence-electron chi connectivity index (χ2n) is 4.85. The van der Waals surface area contributed by atoms with Crippen molar-refractivity contribution < 1.29 is 13.9 Å². The summed E-state index contributed by atoms with van der Waals surface area (Å²) in [5.41, 5.74) is 3.07. The number of halogens is 1. The molecular weight excluding hydrogens is 271 g/mol. The van der Waals surface area contributed by atoms with Gasteiger partial charge in [0.05, 0.1) is 13.2 Å². The van der Waals surface area contributed by atoms with Crippen LogP contribution in [0.25, 0.3) is 11.1 Å². The number of anilines is 1. The number of nitrogens with zero attached hydrogens (tertiary/aromatic N) is 1. The molecule has 0 spiro atoms. The lowest BCUT2D eigenvalue weighted by molar-refractivity contribution is 0.210. The molecule has 4 nitrogen and oxygen atoms in total. The van der Waals surface area contributed by atoms with Crippen molar-refractivity contribution in [2.24, 2.45) is 0 Å². The number of benzene rings is 1. The van der Waals surface area contributed by atoms with Gasteiger partial charge in [0.15, 0.2) is 11.6 Å². The van der Waals surface area contributed by atoms with Gasteiger partial charge in [-0.1, -0.05) is 12.1 Å². The molecule has 2 aromatic rings. The highest BCUT2D eigenvalue weighted by Gasteiger charge is 2.22. The van der Waals surface area contributed by atoms with Crippen LogP contribution in [0.4, 0.5) is 10.2 Å². The summed E-state index contributed by atoms with van der Waals surface area (Å²) in [6.07, 6.45) is 2.65. The molecule has 0 amide bonds. The van der Waals surface area contributed by atoms with Crippen LogP contribution in [0.2, 0.25) is 0 Å². The summed E-state index contributed by atoms with van der Waals surface area (Å²) in [5, 5.41) is 3.21. The summed E-state index contributed by atoms with van der Waals surface area (Å²) >= 11 is 0. The predicted molar refractivity (Wildman–Crippen MR) is 79.2 cm³/mol. The Morgan fingerprint density at radius 1 is 1.33 bits per heavy atom. The monoisotopic (exact) mass is 288 g/mol. The van der Waals surface area contributed by atoms with E-state index in [-0.39, 0.29) is 5.82 Å². The molecule has 1 aliphatic rings. The molecule has 0 unspecified atom stereocenters. The number of nitrogens with one attached hydrogen (secondary N) is 1. The van der Waals surface area contributed by atoms with E-state index in [4.69, 9.17) is 9.47 Å². The fourth-order valence-electron chi connectivity index (χ4n) is 2.47. The van der Waals surface area contributed by atoms with E-state index in [1.54, 1.807) is 19.2 Å². The summed E-state index contributed by atoms with van der Waals surface area (Å²) in [4.78, 5) is 4.44. The van der Waals surface area contributed by atoms with E-state index in [1.807, 2.05) is 6.20 Å². The van der Waals surface area contributed by atoms with Crippen molar-refractivity contribution in [3.8, 4) is 16.9 Å². The topological polar surface area (TPSA) is 43.4 Å². The van der Waals surface area contributed by atoms with E-state index in [0.29, 0.717) is 19.8 Å². The van der Waals surface area contributed by atoms with Crippen molar-refractivity contribution in [2.45, 2.75) is 6.42 Å². The zero-order chi connectivity index (χ0) is 14.7. The molecule has 2 heterocycles. The highest BCUT2D eigenvalue weighted by molar-refractivity contribution is 5.74. The molecule has 1 aromatic heterocycles. The molecule has 3 rings (SSSR count). The minimum Gasteiger partial charge on any atom is -0.489 e. The maximum absolute atomic E-state index is 13.1. The number of methoxy groups -OCH3 is 1. The van der Waals surface area contributed by atoms with E-state index >= 15 is 0 Å². The van der Waals surface area contributed by atoms with Crippen molar-refractivity contribution in [1.82, 2.24) is 4.98 Å². The van der Waals surface area contributed by atoms with Gasteiger partial charge in [0.2, 0.25) is 0 Å². The molecule has 0 aliphatic carbocycles. The van der Waals surface area contributed by atoms with Crippen molar-refractivity contribution in [1.29, 1.82) is 0 Å². The largest absolute Gasteiger partial charge is 0.489 e. The van der Waals surface area contributed by atoms with Gasteiger partial charge in [-0.2, -0.15) is 0 Å². The Morgan fingerprint density at radius 2 is 2.14 bits per heavy atom. The van der Waals surface area contributed by atoms with Crippen LogP contribution < -0.4 is 10.1 Å². The first-order valence-electron chi connectivity index (χ1n) is 6.93. The Labute approximate surface area is 122 Å². The second-order valence-corrected chi connectivity index (χ2v) is 4.85. The summed E-state index contributed by atoms with van der Waals surface area (Å²) in [7, 11) is 1.66. The Kier molecular flexibility index (Phi) is 4.01. The SMILES string of the molecule is COCCNc1ncc(-c2ccc(F)cc2)c2c1OCC2. The lowest BCUT2D eigenvalue weighted by Gasteiger charge is -2.12. The van der Waals surface area contributed by atoms with Crippen LogP contribution >= 0.6 is 0 Å². The average molecular weight is 288 g/mol. The van der Waals surface area contributed by atoms with E-state index in [1.165, 1.54) is 12.1 Å². The first-order chi connectivity index (χ1) is 10.3. The molecule has 0 saturated carbocycles. The average Bonchev–Trinajstić information content (AvgIpc) is 2.98. The maximum Gasteiger partial charge on any atom is 0.169 e. The predicted octanol–water partition coefficient (Wildman–Crippen LogP) is 2.88. The van der Waals surface area contributed by atoms with Crippen LogP contribution in [0, 0.1) is 5.82 Å². The van der Waals surface area contributed by atoms with Gasteiger partial charge in [0, 0.05) is 37.4 Å². The molecule has 1 aromatic carbocycles. The first kappa shape index (κ1) is 13.8. The van der Waals surface area contributed by atoms with E-state index in [0.717, 1.165) is 34.7 Å². The molecule has 0 bridgehead atoms. The number of fused-ring (bicyclic) bond motifs is 1. The maximum atomic E-state index is 13.1. The molecule has 0 radical (unpaired) electrons. The highest BCUT2D eigenvalue weighted by atomic mass is 19.1. The van der Waals surface area contributed by atoms with Crippen LogP contribution in [0.3, 0.4) is 0 Å². The van der Waals surface area contributed by atoms with Gasteiger partial charge in [0.1, 0.15) is 5.82 Å². The molecule has 1 aliphatic heterocycles. The summed E-state index contributed by atoms with van der Waals surface area (Å²) in [6.45, 7) is 1.93. The molecule has 0 saturated heterocycles. The van der Waals surface area contributed by atoms with E-state index < -0.39 is 0 Å². The number of aromatic nitrogens is 1. The molecule has 0 atom stereocenters. The number of hydrogen-bond acceptors (Lipinski definition) is 4. The van der Waals surface area contributed by atoms with Crippen LogP contribution in [0.1, 0.15) is 5.56 Å². The van der Waals surface area contributed by atoms with Crippen LogP contribution in [-0.4, -0.2) is 31.9 Å². The van der Waals surface area contributed by atoms with Gasteiger partial charge >= 0.3 is 0 Å². The Hall–Kier alpha value is -2.14. The zero-order valence-corrected chi connectivity index (χ0v) is 11.9. The summed E-state index contributed by atoms with van der Waals surface area (Å²) in [5.74, 6) is 1.30. The smallest absolute Gasteiger partial charge is 0.169 e. The molecule has 21 heavy (non-hydrogen) atoms. The van der Waals surface area contributed by atoms with Gasteiger partial charge in [-0.05, 0) is 17.7 Å². The Balaban J connectivity index is 1.93. The van der Waals surface area contributed by atoms with Gasteiger partial charge in [-0.15, -0.1) is 0 Å². The third kappa shape index (κ3) is 2.83. The Morgan fingerprint density at radius 3 is 2.90 bits per heavy atom. The minimum atomic E-state index is -0.238. The van der Waals surface area contributed by atoms with Gasteiger partial charge in [0.25, 0.3) is 0 Å². The van der Waals surface area contributed by atoms with Crippen molar-refractivity contribution in [2.75, 3.05) is 32.2 Å². The number of hydrogen-bond donors (Lipinski definition) is 1. The van der Waals surface area contributed by atoms with E-state index in [2.05, 4.69) is 10.3 Å². The Bertz CT molecular complexity index is 629. The molecule has 1 N–H and O–H groups in total. The molecule has 5 heteroatoms. The number of ether oxygens (including phenoxy) is 2. The van der Waals surface area contributed by atoms with Crippen molar-refractivity contribution in [3.05, 3.63) is 41.8 Å². The highest BCUT2D eigenvalue weighted by Crippen LogP contribution is 2.38. The van der Waals surface area contributed by atoms with Crippen LogP contribution in [0.5, 0.6) is 5.75 Å². The fraction of sp³-hybridized carbons (Fsp3) is 0.312. The van der Waals surface area contributed by atoms with E-state index in [9.17, 15) is 4.39 Å². The molecule has 110 valence electrons. The van der Waals surface area contributed by atoms with Gasteiger partial charge < -0.3 is 14.8 Å². The molecule has 0 fully saturated rings. The normalized spacial score (nSPS) is 12.9. The standard InChI is InChI=1S/C16H17FN2O2/c1-20-9-7-18-16-15-13(6-8-21-15)14(10-19-16)11-2-4-12(17)5-3-11/h2-5,10H,6-9H2,1H3,(H,18,19). The van der Waals surface area contributed by atoms with Gasteiger partial charge in [-0.3, -0.25) is 0 Å². The third-order valence-electron chi connectivity index (χ3n) is 3.49. The van der Waals surface area contributed by atoms with Crippen molar-refractivity contribution >= 4 is 5.82 Å². The minimum absolute atomic E-state index is 0.238. The fourth-order valence-corrected chi connectivity index (χ4v) is 2.47. The quantitative estimate of drug-likeness (QED) is 0.859. The van der Waals surface area contributed by atoms with Crippen LogP contribution in [-0.2, 0) is 11.2 Å². The van der Waals surface area contributed by atoms with Crippen LogP contribution in [0.15, 0.2) is 30.5 Å². The van der Waals surface area contributed by atoms with Gasteiger partial charge in [-0.25, -0.2) is 9.37 Å². The summed E-state index contributed by atoms with van der Waals surface area (Å²) in [6, 6.07) is 6.45. The van der Waals surface area contributed by atoms with Crippen molar-refractivity contribution in [3.63, 3.8) is 0 Å².